The minimum atomic E-state index is -4.77. The molecule has 0 aliphatic carbocycles. The highest BCUT2D eigenvalue weighted by atomic mass is 32.1. The number of nitrogens with one attached hydrogen (secondary N) is 3. The Morgan fingerprint density at radius 2 is 2.18 bits per heavy atom. The van der Waals surface area contributed by atoms with Crippen molar-refractivity contribution in [3.8, 4) is 5.75 Å². The summed E-state index contributed by atoms with van der Waals surface area (Å²) in [6.45, 7) is 1.23. The van der Waals surface area contributed by atoms with Crippen molar-refractivity contribution in [3.63, 3.8) is 0 Å². The maximum absolute atomic E-state index is 12.3. The molecule has 1 fully saturated rings. The number of hydrogen-bond donors (Lipinski definition) is 3. The minimum absolute atomic E-state index is 0.0547. The van der Waals surface area contributed by atoms with Crippen molar-refractivity contribution in [3.05, 3.63) is 18.2 Å². The van der Waals surface area contributed by atoms with Crippen molar-refractivity contribution < 1.29 is 27.5 Å². The summed E-state index contributed by atoms with van der Waals surface area (Å²) < 4.78 is 41.2. The van der Waals surface area contributed by atoms with E-state index in [0.29, 0.717) is 28.3 Å². The van der Waals surface area contributed by atoms with Gasteiger partial charge < -0.3 is 20.7 Å². The van der Waals surface area contributed by atoms with Crippen LogP contribution in [-0.4, -0.2) is 42.3 Å². The van der Waals surface area contributed by atoms with E-state index in [0.717, 1.165) is 30.7 Å². The van der Waals surface area contributed by atoms with Gasteiger partial charge in [-0.1, -0.05) is 11.3 Å². The molecule has 28 heavy (non-hydrogen) atoms. The van der Waals surface area contributed by atoms with Gasteiger partial charge in [0.2, 0.25) is 11.8 Å². The van der Waals surface area contributed by atoms with E-state index in [2.05, 4.69) is 25.7 Å². The first-order valence-corrected chi connectivity index (χ1v) is 9.59. The Hall–Kier alpha value is -2.40. The molecule has 0 saturated carbocycles. The van der Waals surface area contributed by atoms with Gasteiger partial charge in [0, 0.05) is 19.0 Å². The van der Waals surface area contributed by atoms with Gasteiger partial charge in [-0.05, 0) is 37.9 Å². The number of thiazole rings is 1. The summed E-state index contributed by atoms with van der Waals surface area (Å²) in [5, 5.41) is 8.81. The molecule has 1 aromatic heterocycles. The molecule has 1 aliphatic heterocycles. The number of fused-ring (bicyclic) bond motifs is 1. The van der Waals surface area contributed by atoms with Crippen LogP contribution in [0.15, 0.2) is 18.2 Å². The van der Waals surface area contributed by atoms with Crippen LogP contribution in [-0.2, 0) is 9.59 Å². The van der Waals surface area contributed by atoms with Crippen molar-refractivity contribution in [2.45, 2.75) is 38.1 Å². The zero-order valence-corrected chi connectivity index (χ0v) is 15.6. The first-order valence-electron chi connectivity index (χ1n) is 8.77. The molecule has 2 amide bonds. The SMILES string of the molecule is O=C(CCCNC(=O)C1CCCN1)Nc1nc2ccc(OC(F)(F)F)cc2s1. The number of aromatic nitrogens is 1. The van der Waals surface area contributed by atoms with Crippen molar-refractivity contribution in [2.24, 2.45) is 0 Å². The van der Waals surface area contributed by atoms with Crippen molar-refractivity contribution in [1.29, 1.82) is 0 Å². The molecule has 3 rings (SSSR count). The Bertz CT molecular complexity index is 850. The van der Waals surface area contributed by atoms with E-state index in [1.807, 2.05) is 0 Å². The topological polar surface area (TPSA) is 92.4 Å². The van der Waals surface area contributed by atoms with Gasteiger partial charge in [-0.2, -0.15) is 0 Å². The molecule has 11 heteroatoms. The number of carbonyl (C=O) groups is 2. The predicted octanol–water partition coefficient (Wildman–Crippen LogP) is 2.78. The fourth-order valence-electron chi connectivity index (χ4n) is 2.83. The monoisotopic (exact) mass is 416 g/mol. The van der Waals surface area contributed by atoms with Gasteiger partial charge in [-0.15, -0.1) is 13.2 Å². The molecular weight excluding hydrogens is 397 g/mol. The lowest BCUT2D eigenvalue weighted by Crippen LogP contribution is -2.40. The fraction of sp³-hybridized carbons (Fsp3) is 0.471. The Labute approximate surface area is 162 Å². The summed E-state index contributed by atoms with van der Waals surface area (Å²) in [6.07, 6.45) is -2.31. The number of anilines is 1. The third-order valence-electron chi connectivity index (χ3n) is 4.10. The van der Waals surface area contributed by atoms with Crippen LogP contribution in [0.1, 0.15) is 25.7 Å². The van der Waals surface area contributed by atoms with Crippen molar-refractivity contribution in [1.82, 2.24) is 15.6 Å². The van der Waals surface area contributed by atoms with Crippen LogP contribution in [0.4, 0.5) is 18.3 Å². The van der Waals surface area contributed by atoms with Gasteiger partial charge in [0.05, 0.1) is 16.3 Å². The van der Waals surface area contributed by atoms with E-state index in [1.54, 1.807) is 0 Å². The number of rotatable bonds is 7. The second kappa shape index (κ2) is 8.74. The van der Waals surface area contributed by atoms with Crippen LogP contribution in [0.25, 0.3) is 10.2 Å². The molecule has 2 heterocycles. The third kappa shape index (κ3) is 5.80. The molecular formula is C17H19F3N4O3S. The van der Waals surface area contributed by atoms with E-state index in [1.165, 1.54) is 18.2 Å². The summed E-state index contributed by atoms with van der Waals surface area (Å²) in [5.41, 5.74) is 0.464. The number of ether oxygens (including phenoxy) is 1. The second-order valence-electron chi connectivity index (χ2n) is 6.29. The number of benzene rings is 1. The van der Waals surface area contributed by atoms with Crippen LogP contribution >= 0.6 is 11.3 Å². The van der Waals surface area contributed by atoms with Gasteiger partial charge in [-0.3, -0.25) is 9.59 Å². The fourth-order valence-corrected chi connectivity index (χ4v) is 3.74. The van der Waals surface area contributed by atoms with E-state index < -0.39 is 6.36 Å². The van der Waals surface area contributed by atoms with E-state index in [-0.39, 0.29) is 30.0 Å². The summed E-state index contributed by atoms with van der Waals surface area (Å²) in [4.78, 5) is 28.0. The molecule has 0 radical (unpaired) electrons. The maximum Gasteiger partial charge on any atom is 0.573 e. The van der Waals surface area contributed by atoms with Crippen LogP contribution in [0.2, 0.25) is 0 Å². The molecule has 0 spiro atoms. The lowest BCUT2D eigenvalue weighted by atomic mass is 10.2. The highest BCUT2D eigenvalue weighted by Gasteiger charge is 2.31. The Morgan fingerprint density at radius 3 is 2.89 bits per heavy atom. The maximum atomic E-state index is 12.3. The van der Waals surface area contributed by atoms with Crippen LogP contribution < -0.4 is 20.7 Å². The van der Waals surface area contributed by atoms with E-state index >= 15 is 0 Å². The normalized spacial score (nSPS) is 16.9. The first-order chi connectivity index (χ1) is 13.3. The molecule has 3 N–H and O–H groups in total. The number of amides is 2. The summed E-state index contributed by atoms with van der Waals surface area (Å²) >= 11 is 1.06. The van der Waals surface area contributed by atoms with Gasteiger partial charge in [0.25, 0.3) is 0 Å². The largest absolute Gasteiger partial charge is 0.573 e. The highest BCUT2D eigenvalue weighted by molar-refractivity contribution is 7.22. The molecule has 7 nitrogen and oxygen atoms in total. The molecule has 2 aromatic rings. The molecule has 1 atom stereocenters. The molecule has 1 aromatic carbocycles. The van der Waals surface area contributed by atoms with Gasteiger partial charge in [0.1, 0.15) is 5.75 Å². The van der Waals surface area contributed by atoms with Gasteiger partial charge in [0.15, 0.2) is 5.13 Å². The van der Waals surface area contributed by atoms with Gasteiger partial charge in [-0.25, -0.2) is 4.98 Å². The number of halogens is 3. The Balaban J connectivity index is 1.45. The Morgan fingerprint density at radius 1 is 1.36 bits per heavy atom. The molecule has 0 bridgehead atoms. The molecule has 1 unspecified atom stereocenters. The van der Waals surface area contributed by atoms with Crippen LogP contribution in [0.5, 0.6) is 5.75 Å². The summed E-state index contributed by atoms with van der Waals surface area (Å²) in [5.74, 6) is -0.672. The van der Waals surface area contributed by atoms with Crippen LogP contribution in [0.3, 0.4) is 0 Å². The highest BCUT2D eigenvalue weighted by Crippen LogP contribution is 2.31. The van der Waals surface area contributed by atoms with Crippen LogP contribution in [0, 0.1) is 0 Å². The standard InChI is InChI=1S/C17H19F3N4O3S/c18-17(19,20)27-10-5-6-11-13(9-10)28-16(23-11)24-14(25)4-2-8-22-15(26)12-3-1-7-21-12/h5-6,9,12,21H,1-4,7-8H2,(H,22,26)(H,23,24,25). The average molecular weight is 416 g/mol. The zero-order chi connectivity index (χ0) is 20.1. The van der Waals surface area contributed by atoms with Crippen molar-refractivity contribution in [2.75, 3.05) is 18.4 Å². The summed E-state index contributed by atoms with van der Waals surface area (Å²) in [6, 6.07) is 3.64. The number of carbonyl (C=O) groups excluding carboxylic acids is 2. The quantitative estimate of drug-likeness (QED) is 0.604. The summed E-state index contributed by atoms with van der Waals surface area (Å²) in [7, 11) is 0. The minimum Gasteiger partial charge on any atom is -0.406 e. The second-order valence-corrected chi connectivity index (χ2v) is 7.32. The molecule has 1 saturated heterocycles. The molecule has 1 aliphatic rings. The molecule has 152 valence electrons. The van der Waals surface area contributed by atoms with Crippen molar-refractivity contribution >= 4 is 38.5 Å². The number of alkyl halides is 3. The van der Waals surface area contributed by atoms with E-state index in [9.17, 15) is 22.8 Å². The number of hydrogen-bond acceptors (Lipinski definition) is 6. The smallest absolute Gasteiger partial charge is 0.406 e. The third-order valence-corrected chi connectivity index (χ3v) is 5.03. The first kappa shape index (κ1) is 20.3. The lowest BCUT2D eigenvalue weighted by Gasteiger charge is -2.10. The van der Waals surface area contributed by atoms with Gasteiger partial charge >= 0.3 is 6.36 Å². The zero-order valence-electron chi connectivity index (χ0n) is 14.8. The van der Waals surface area contributed by atoms with E-state index in [4.69, 9.17) is 0 Å². The lowest BCUT2D eigenvalue weighted by molar-refractivity contribution is -0.274. The Kier molecular flexibility index (Phi) is 6.35. The average Bonchev–Trinajstić information content (AvgIpc) is 3.26. The predicted molar refractivity (Wildman–Crippen MR) is 98.2 cm³/mol. The number of nitrogens with zero attached hydrogens (tertiary/aromatic N) is 1.